The first-order valence-corrected chi connectivity index (χ1v) is 12.9. The second kappa shape index (κ2) is 12.3. The normalized spacial score (nSPS) is 19.9. The molecule has 2 unspecified atom stereocenters. The van der Waals surface area contributed by atoms with Gasteiger partial charge >= 0.3 is 5.97 Å². The Morgan fingerprint density at radius 3 is 2.58 bits per heavy atom. The smallest absolute Gasteiger partial charge is 0.332 e. The molecule has 8 nitrogen and oxygen atoms in total. The molecule has 192 valence electrons. The van der Waals surface area contributed by atoms with E-state index in [0.717, 1.165) is 18.4 Å². The van der Waals surface area contributed by atoms with Crippen LogP contribution >= 0.6 is 34.8 Å². The number of nitrogens with one attached hydrogen (secondary N) is 1. The van der Waals surface area contributed by atoms with Crippen LogP contribution in [0.5, 0.6) is 0 Å². The number of hydrogen-bond donors (Lipinski definition) is 1. The van der Waals surface area contributed by atoms with E-state index in [4.69, 9.17) is 44.3 Å². The van der Waals surface area contributed by atoms with E-state index in [-0.39, 0.29) is 24.6 Å². The lowest BCUT2D eigenvalue weighted by atomic mass is 10.0. The van der Waals surface area contributed by atoms with Crippen LogP contribution in [0.15, 0.2) is 47.6 Å². The first kappa shape index (κ1) is 26.7. The average Bonchev–Trinajstić information content (AvgIpc) is 3.47. The summed E-state index contributed by atoms with van der Waals surface area (Å²) in [6.45, 7) is 2.94. The van der Waals surface area contributed by atoms with Gasteiger partial charge < -0.3 is 9.47 Å². The second-order valence-electron chi connectivity index (χ2n) is 8.51. The first-order valence-electron chi connectivity index (χ1n) is 11.7. The number of halogens is 3. The molecule has 1 saturated heterocycles. The van der Waals surface area contributed by atoms with Gasteiger partial charge in [0, 0.05) is 23.0 Å². The predicted molar refractivity (Wildman–Crippen MR) is 141 cm³/mol. The third-order valence-corrected chi connectivity index (χ3v) is 6.83. The van der Waals surface area contributed by atoms with Crippen LogP contribution in [0, 0.1) is 0 Å². The Bertz CT molecular complexity index is 1130. The molecule has 1 fully saturated rings. The van der Waals surface area contributed by atoms with Crippen molar-refractivity contribution in [2.75, 3.05) is 31.4 Å². The first-order chi connectivity index (χ1) is 17.4. The fourth-order valence-corrected chi connectivity index (χ4v) is 4.93. The zero-order valence-corrected chi connectivity index (χ0v) is 22.0. The molecule has 2 aromatic rings. The van der Waals surface area contributed by atoms with E-state index >= 15 is 0 Å². The number of anilines is 1. The summed E-state index contributed by atoms with van der Waals surface area (Å²) in [5.74, 6) is -0.695. The molecule has 1 amide bonds. The van der Waals surface area contributed by atoms with Crippen molar-refractivity contribution in [2.24, 2.45) is 5.10 Å². The fourth-order valence-electron chi connectivity index (χ4n) is 4.31. The third kappa shape index (κ3) is 6.49. The van der Waals surface area contributed by atoms with Crippen LogP contribution in [0.3, 0.4) is 0 Å². The zero-order chi connectivity index (χ0) is 25.7. The molecule has 2 aromatic carbocycles. The summed E-state index contributed by atoms with van der Waals surface area (Å²) in [6.07, 6.45) is 2.12. The summed E-state index contributed by atoms with van der Waals surface area (Å²) < 4.78 is 10.4. The molecule has 0 bridgehead atoms. The van der Waals surface area contributed by atoms with Crippen molar-refractivity contribution in [3.63, 3.8) is 0 Å². The molecule has 1 N–H and O–H groups in total. The zero-order valence-electron chi connectivity index (χ0n) is 19.8. The molecule has 0 aromatic heterocycles. The average molecular weight is 554 g/mol. The highest BCUT2D eigenvalue weighted by Crippen LogP contribution is 2.40. The predicted octanol–water partition coefficient (Wildman–Crippen LogP) is 5.03. The number of ether oxygens (including phenoxy) is 2. The molecule has 2 heterocycles. The molecule has 11 heteroatoms. The molecule has 0 saturated carbocycles. The van der Waals surface area contributed by atoms with E-state index < -0.39 is 5.97 Å². The number of benzene rings is 2. The second-order valence-corrected chi connectivity index (χ2v) is 9.79. The number of hydrazone groups is 1. The topological polar surface area (TPSA) is 83.5 Å². The van der Waals surface area contributed by atoms with Gasteiger partial charge in [-0.1, -0.05) is 46.9 Å². The number of carbonyl (C=O) groups is 2. The quantitative estimate of drug-likeness (QED) is 0.439. The van der Waals surface area contributed by atoms with Crippen molar-refractivity contribution in [2.45, 2.75) is 38.3 Å². The maximum absolute atomic E-state index is 13.3. The Balaban J connectivity index is 1.47. The summed E-state index contributed by atoms with van der Waals surface area (Å²) in [4.78, 5) is 24.8. The van der Waals surface area contributed by atoms with E-state index in [2.05, 4.69) is 10.5 Å². The molecule has 2 aliphatic heterocycles. The Labute approximate surface area is 225 Å². The number of hydrogen-bond acceptors (Lipinski definition) is 7. The van der Waals surface area contributed by atoms with Crippen LogP contribution in [-0.2, 0) is 19.1 Å². The minimum Gasteiger partial charge on any atom is -0.464 e. The summed E-state index contributed by atoms with van der Waals surface area (Å²) in [5.41, 5.74) is 4.95. The highest BCUT2D eigenvalue weighted by Gasteiger charge is 2.35. The molecule has 2 atom stereocenters. The summed E-state index contributed by atoms with van der Waals surface area (Å²) in [7, 11) is 0. The van der Waals surface area contributed by atoms with Crippen LogP contribution in [-0.4, -0.2) is 55.0 Å². The van der Waals surface area contributed by atoms with Gasteiger partial charge in [0.25, 0.3) is 5.91 Å². The van der Waals surface area contributed by atoms with Gasteiger partial charge in [0.15, 0.2) is 0 Å². The van der Waals surface area contributed by atoms with Crippen LogP contribution in [0.4, 0.5) is 5.69 Å². The van der Waals surface area contributed by atoms with Gasteiger partial charge in [0.05, 0.1) is 36.0 Å². The van der Waals surface area contributed by atoms with Crippen LogP contribution in [0.2, 0.25) is 15.1 Å². The van der Waals surface area contributed by atoms with E-state index in [1.54, 1.807) is 30.1 Å². The summed E-state index contributed by atoms with van der Waals surface area (Å²) in [5, 5.41) is 9.83. The number of amides is 1. The largest absolute Gasteiger partial charge is 0.464 e. The number of carbonyl (C=O) groups excluding carboxylic acids is 2. The lowest BCUT2D eigenvalue weighted by Crippen LogP contribution is -2.49. The monoisotopic (exact) mass is 552 g/mol. The van der Waals surface area contributed by atoms with E-state index in [0.29, 0.717) is 52.6 Å². The van der Waals surface area contributed by atoms with Gasteiger partial charge in [0.1, 0.15) is 12.3 Å². The number of nitrogens with zero attached hydrogens (tertiary/aromatic N) is 3. The van der Waals surface area contributed by atoms with Crippen molar-refractivity contribution in [3.8, 4) is 0 Å². The van der Waals surface area contributed by atoms with Crippen molar-refractivity contribution < 1.29 is 19.1 Å². The maximum Gasteiger partial charge on any atom is 0.332 e. The molecule has 0 aliphatic carbocycles. The Hall–Kier alpha value is -2.36. The van der Waals surface area contributed by atoms with E-state index in [1.807, 2.05) is 29.3 Å². The molecule has 4 rings (SSSR count). The molecule has 0 spiro atoms. The lowest BCUT2D eigenvalue weighted by Gasteiger charge is -2.25. The SMILES string of the molecule is CCOC(=O)COCC1CCCN1NC(=O)C1=NN(c2ccc(Cl)cc2Cl)C(c2ccc(Cl)cc2)C1. The van der Waals surface area contributed by atoms with E-state index in [9.17, 15) is 9.59 Å². The van der Waals surface area contributed by atoms with Crippen LogP contribution in [0.1, 0.15) is 37.8 Å². The summed E-state index contributed by atoms with van der Waals surface area (Å²) >= 11 is 18.7. The molecular weight excluding hydrogens is 527 g/mol. The third-order valence-electron chi connectivity index (χ3n) is 6.04. The van der Waals surface area contributed by atoms with E-state index in [1.165, 1.54) is 0 Å². The lowest BCUT2D eigenvalue weighted by molar-refractivity contribution is -0.149. The number of rotatable bonds is 9. The van der Waals surface area contributed by atoms with Gasteiger partial charge in [-0.15, -0.1) is 0 Å². The molecule has 0 radical (unpaired) electrons. The van der Waals surface area contributed by atoms with Gasteiger partial charge in [-0.2, -0.15) is 5.10 Å². The highest BCUT2D eigenvalue weighted by molar-refractivity contribution is 6.40. The van der Waals surface area contributed by atoms with Crippen molar-refractivity contribution in [3.05, 3.63) is 63.1 Å². The molecule has 36 heavy (non-hydrogen) atoms. The minimum atomic E-state index is -0.402. The van der Waals surface area contributed by atoms with Crippen LogP contribution in [0.25, 0.3) is 0 Å². The fraction of sp³-hybridized carbons (Fsp3) is 0.400. The standard InChI is InChI=1S/C25H27Cl3N4O4/c1-2-36-24(33)15-35-14-19-4-3-11-31(19)30-25(34)21-13-23(16-5-7-17(26)8-6-16)32(29-21)22-10-9-18(27)12-20(22)28/h5-10,12,19,23H,2-4,11,13-15H2,1H3,(H,30,34). The number of hydrazine groups is 1. The minimum absolute atomic E-state index is 0.0424. The van der Waals surface area contributed by atoms with Crippen molar-refractivity contribution in [1.29, 1.82) is 0 Å². The van der Waals surface area contributed by atoms with Gasteiger partial charge in [0.2, 0.25) is 0 Å². The Morgan fingerprint density at radius 1 is 1.11 bits per heavy atom. The molecule has 2 aliphatic rings. The van der Waals surface area contributed by atoms with Gasteiger partial charge in [-0.05, 0) is 55.7 Å². The van der Waals surface area contributed by atoms with Crippen molar-refractivity contribution in [1.82, 2.24) is 10.4 Å². The maximum atomic E-state index is 13.3. The van der Waals surface area contributed by atoms with Crippen LogP contribution < -0.4 is 10.4 Å². The summed E-state index contributed by atoms with van der Waals surface area (Å²) in [6, 6.07) is 12.3. The van der Waals surface area contributed by atoms with Crippen molar-refractivity contribution >= 4 is 58.1 Å². The van der Waals surface area contributed by atoms with Gasteiger partial charge in [-0.25, -0.2) is 9.80 Å². The Kier molecular flexibility index (Phi) is 9.09. The number of esters is 1. The highest BCUT2D eigenvalue weighted by atomic mass is 35.5. The Morgan fingerprint density at radius 2 is 1.86 bits per heavy atom. The molecular formula is C25H27Cl3N4O4. The van der Waals surface area contributed by atoms with Gasteiger partial charge in [-0.3, -0.25) is 15.2 Å².